The maximum Gasteiger partial charge on any atom is 0.284 e. The third-order valence-corrected chi connectivity index (χ3v) is 6.55. The number of primary amides is 1. The van der Waals surface area contributed by atoms with E-state index in [0.717, 1.165) is 68.6 Å². The standard InChI is InChI=1S/C26H27N5O2.ClH/c27-16-18-4-7-23-22(13-18)20(17-29-23)3-1-2-8-30-9-11-31(12-10-30)21-6-5-19-14-25(26(28)32)33-24(19)15-21;/h4-7,13-15,17,29H,1-3,8-12H2,(H2,28,32);1H. The Morgan fingerprint density at radius 2 is 1.91 bits per heavy atom. The number of nitrogens with one attached hydrogen (secondary N) is 1. The van der Waals surface area contributed by atoms with E-state index in [1.165, 1.54) is 10.9 Å². The number of anilines is 1. The second kappa shape index (κ2) is 10.2. The number of unbranched alkanes of at least 4 members (excludes halogenated alkanes) is 1. The molecule has 0 unspecified atom stereocenters. The molecule has 4 aromatic rings. The molecule has 2 aromatic heterocycles. The Balaban J connectivity index is 0.00000274. The summed E-state index contributed by atoms with van der Waals surface area (Å²) in [5.74, 6) is -0.344. The molecule has 3 N–H and O–H groups in total. The number of piperazine rings is 1. The Kier molecular flexibility index (Phi) is 7.11. The van der Waals surface area contributed by atoms with E-state index in [1.54, 1.807) is 6.07 Å². The molecule has 1 aliphatic heterocycles. The lowest BCUT2D eigenvalue weighted by atomic mass is 10.1. The summed E-state index contributed by atoms with van der Waals surface area (Å²) in [7, 11) is 0. The molecule has 1 amide bonds. The topological polar surface area (TPSA) is 102 Å². The molecule has 176 valence electrons. The fourth-order valence-electron chi connectivity index (χ4n) is 4.67. The molecule has 0 bridgehead atoms. The molecule has 2 aromatic carbocycles. The van der Waals surface area contributed by atoms with E-state index >= 15 is 0 Å². The number of aryl methyl sites for hydroxylation is 1. The fourth-order valence-corrected chi connectivity index (χ4v) is 4.67. The first-order valence-electron chi connectivity index (χ1n) is 11.4. The van der Waals surface area contributed by atoms with Gasteiger partial charge in [-0.3, -0.25) is 9.69 Å². The van der Waals surface area contributed by atoms with Crippen LogP contribution >= 0.6 is 12.4 Å². The number of fused-ring (bicyclic) bond motifs is 2. The van der Waals surface area contributed by atoms with Crippen LogP contribution in [0.1, 0.15) is 34.5 Å². The molecule has 0 atom stereocenters. The number of nitrogens with two attached hydrogens (primary N) is 1. The number of H-pyrrole nitrogens is 1. The summed E-state index contributed by atoms with van der Waals surface area (Å²) in [5.41, 5.74) is 10.2. The smallest absolute Gasteiger partial charge is 0.284 e. The Hall–Kier alpha value is -3.47. The first kappa shape index (κ1) is 23.7. The van der Waals surface area contributed by atoms with Crippen molar-refractivity contribution >= 4 is 45.9 Å². The van der Waals surface area contributed by atoms with Gasteiger partial charge in [0.25, 0.3) is 5.91 Å². The number of amides is 1. The maximum atomic E-state index is 11.4. The Morgan fingerprint density at radius 3 is 2.68 bits per heavy atom. The highest BCUT2D eigenvalue weighted by Gasteiger charge is 2.18. The molecule has 0 spiro atoms. The third-order valence-electron chi connectivity index (χ3n) is 6.55. The summed E-state index contributed by atoms with van der Waals surface area (Å²) < 4.78 is 5.59. The van der Waals surface area contributed by atoms with E-state index in [-0.39, 0.29) is 18.2 Å². The zero-order valence-electron chi connectivity index (χ0n) is 18.9. The molecule has 5 rings (SSSR count). The summed E-state index contributed by atoms with van der Waals surface area (Å²) in [6.45, 7) is 5.09. The van der Waals surface area contributed by atoms with Gasteiger partial charge < -0.3 is 20.0 Å². The van der Waals surface area contributed by atoms with Gasteiger partial charge in [0.05, 0.1) is 11.6 Å². The van der Waals surface area contributed by atoms with Crippen molar-refractivity contribution in [1.82, 2.24) is 9.88 Å². The van der Waals surface area contributed by atoms with Crippen LogP contribution in [0.5, 0.6) is 0 Å². The monoisotopic (exact) mass is 477 g/mol. The number of hydrogen-bond acceptors (Lipinski definition) is 5. The van der Waals surface area contributed by atoms with Crippen molar-refractivity contribution in [3.8, 4) is 6.07 Å². The zero-order valence-corrected chi connectivity index (χ0v) is 19.7. The molecule has 0 radical (unpaired) electrons. The van der Waals surface area contributed by atoms with Crippen LogP contribution in [-0.2, 0) is 6.42 Å². The van der Waals surface area contributed by atoms with Crippen LogP contribution < -0.4 is 10.6 Å². The van der Waals surface area contributed by atoms with Crippen molar-refractivity contribution in [2.45, 2.75) is 19.3 Å². The van der Waals surface area contributed by atoms with Gasteiger partial charge in [0, 0.05) is 60.4 Å². The van der Waals surface area contributed by atoms with E-state index in [9.17, 15) is 4.79 Å². The Morgan fingerprint density at radius 1 is 1.09 bits per heavy atom. The van der Waals surface area contributed by atoms with E-state index < -0.39 is 5.91 Å². The van der Waals surface area contributed by atoms with Crippen LogP contribution in [0.15, 0.2) is 53.1 Å². The molecule has 1 saturated heterocycles. The van der Waals surface area contributed by atoms with Crippen LogP contribution in [0.2, 0.25) is 0 Å². The SMILES string of the molecule is Cl.N#Cc1ccc2[nH]cc(CCCCN3CCN(c4ccc5cc(C(N)=O)oc5c4)CC3)c2c1. The van der Waals surface area contributed by atoms with E-state index in [1.807, 2.05) is 30.3 Å². The predicted octanol–water partition coefficient (Wildman–Crippen LogP) is 4.45. The van der Waals surface area contributed by atoms with Crippen molar-refractivity contribution in [2.24, 2.45) is 5.73 Å². The highest BCUT2D eigenvalue weighted by atomic mass is 35.5. The predicted molar refractivity (Wildman–Crippen MR) is 137 cm³/mol. The van der Waals surface area contributed by atoms with Gasteiger partial charge in [-0.2, -0.15) is 5.26 Å². The highest BCUT2D eigenvalue weighted by molar-refractivity contribution is 5.95. The Bertz CT molecular complexity index is 1340. The molecule has 3 heterocycles. The quantitative estimate of drug-likeness (QED) is 0.383. The number of hydrogen-bond donors (Lipinski definition) is 2. The summed E-state index contributed by atoms with van der Waals surface area (Å²) in [6, 6.07) is 15.8. The highest BCUT2D eigenvalue weighted by Crippen LogP contribution is 2.26. The van der Waals surface area contributed by atoms with Crippen LogP contribution in [-0.4, -0.2) is 48.5 Å². The van der Waals surface area contributed by atoms with E-state index in [0.29, 0.717) is 11.1 Å². The lowest BCUT2D eigenvalue weighted by Gasteiger charge is -2.36. The summed E-state index contributed by atoms with van der Waals surface area (Å²) >= 11 is 0. The first-order chi connectivity index (χ1) is 16.1. The molecule has 1 aliphatic rings. The van der Waals surface area contributed by atoms with Gasteiger partial charge >= 0.3 is 0 Å². The number of halogens is 1. The molecule has 0 saturated carbocycles. The number of aromatic amines is 1. The lowest BCUT2D eigenvalue weighted by molar-refractivity contribution is 0.0976. The fraction of sp³-hybridized carbons (Fsp3) is 0.308. The van der Waals surface area contributed by atoms with E-state index in [4.69, 9.17) is 15.4 Å². The van der Waals surface area contributed by atoms with Gasteiger partial charge in [0.1, 0.15) is 5.58 Å². The molecule has 1 fully saturated rings. The minimum Gasteiger partial charge on any atom is -0.451 e. The zero-order chi connectivity index (χ0) is 22.8. The van der Waals surface area contributed by atoms with Crippen molar-refractivity contribution in [1.29, 1.82) is 5.26 Å². The number of aromatic nitrogens is 1. The number of nitriles is 1. The maximum absolute atomic E-state index is 11.4. The van der Waals surface area contributed by atoms with Crippen LogP contribution in [0.25, 0.3) is 21.9 Å². The minimum absolute atomic E-state index is 0. The summed E-state index contributed by atoms with van der Waals surface area (Å²) in [6.07, 6.45) is 5.37. The number of benzene rings is 2. The molecular formula is C26H28ClN5O2. The van der Waals surface area contributed by atoms with Gasteiger partial charge in [-0.25, -0.2) is 0 Å². The average molecular weight is 478 g/mol. The van der Waals surface area contributed by atoms with Crippen molar-refractivity contribution < 1.29 is 9.21 Å². The minimum atomic E-state index is -0.544. The summed E-state index contributed by atoms with van der Waals surface area (Å²) in [5, 5.41) is 11.2. The third kappa shape index (κ3) is 4.89. The van der Waals surface area contributed by atoms with Gasteiger partial charge in [-0.05, 0) is 67.8 Å². The van der Waals surface area contributed by atoms with Crippen LogP contribution in [0.4, 0.5) is 5.69 Å². The summed E-state index contributed by atoms with van der Waals surface area (Å²) in [4.78, 5) is 19.6. The first-order valence-corrected chi connectivity index (χ1v) is 11.4. The van der Waals surface area contributed by atoms with Crippen LogP contribution in [0.3, 0.4) is 0 Å². The molecule has 8 heteroatoms. The number of furan rings is 1. The second-order valence-corrected chi connectivity index (χ2v) is 8.67. The molecule has 34 heavy (non-hydrogen) atoms. The number of carbonyl (C=O) groups excluding carboxylic acids is 1. The van der Waals surface area contributed by atoms with Crippen molar-refractivity contribution in [3.63, 3.8) is 0 Å². The number of rotatable bonds is 7. The Labute approximate surface area is 204 Å². The molecule has 7 nitrogen and oxygen atoms in total. The normalized spacial score (nSPS) is 14.3. The van der Waals surface area contributed by atoms with Gasteiger partial charge in [-0.15, -0.1) is 12.4 Å². The molecular weight excluding hydrogens is 450 g/mol. The average Bonchev–Trinajstić information content (AvgIpc) is 3.45. The number of nitrogens with zero attached hydrogens (tertiary/aromatic N) is 3. The van der Waals surface area contributed by atoms with Crippen LogP contribution in [0, 0.1) is 11.3 Å². The van der Waals surface area contributed by atoms with Gasteiger partial charge in [0.2, 0.25) is 0 Å². The van der Waals surface area contributed by atoms with Crippen molar-refractivity contribution in [3.05, 3.63) is 65.5 Å². The second-order valence-electron chi connectivity index (χ2n) is 8.67. The van der Waals surface area contributed by atoms with E-state index in [2.05, 4.69) is 33.1 Å². The lowest BCUT2D eigenvalue weighted by Crippen LogP contribution is -2.46. The van der Waals surface area contributed by atoms with Crippen molar-refractivity contribution in [2.75, 3.05) is 37.6 Å². The largest absolute Gasteiger partial charge is 0.451 e. The van der Waals surface area contributed by atoms with Gasteiger partial charge in [0.15, 0.2) is 5.76 Å². The molecule has 0 aliphatic carbocycles. The number of carbonyl (C=O) groups is 1. The van der Waals surface area contributed by atoms with Gasteiger partial charge in [-0.1, -0.05) is 0 Å².